The Balaban J connectivity index is 1.68. The zero-order chi connectivity index (χ0) is 16.6. The summed E-state index contributed by atoms with van der Waals surface area (Å²) in [5, 5.41) is 4.44. The van der Waals surface area contributed by atoms with Crippen LogP contribution in [0.15, 0.2) is 28.8 Å². The maximum Gasteiger partial charge on any atom is 0.354 e. The van der Waals surface area contributed by atoms with Crippen LogP contribution in [0.25, 0.3) is 0 Å². The molecule has 1 aromatic rings. The molecule has 0 spiro atoms. The van der Waals surface area contributed by atoms with E-state index < -0.39 is 12.0 Å². The summed E-state index contributed by atoms with van der Waals surface area (Å²) in [4.78, 5) is 38.7. The second kappa shape index (κ2) is 6.37. The Labute approximate surface area is 141 Å². The molecule has 1 N–H and O–H groups in total. The first-order valence-corrected chi connectivity index (χ1v) is 9.00. The maximum absolute atomic E-state index is 12.4. The van der Waals surface area contributed by atoms with Crippen LogP contribution in [-0.2, 0) is 25.5 Å². The highest BCUT2D eigenvalue weighted by Gasteiger charge is 2.53. The van der Waals surface area contributed by atoms with Crippen molar-refractivity contribution in [3.63, 3.8) is 0 Å². The molecule has 1 aromatic heterocycles. The summed E-state index contributed by atoms with van der Waals surface area (Å²) >= 11 is 3.05. The topological polar surface area (TPSA) is 75.7 Å². The molecule has 3 heterocycles. The van der Waals surface area contributed by atoms with Crippen LogP contribution >= 0.6 is 23.1 Å². The number of amides is 2. The van der Waals surface area contributed by atoms with Gasteiger partial charge >= 0.3 is 5.97 Å². The van der Waals surface area contributed by atoms with Crippen LogP contribution in [0.2, 0.25) is 0 Å². The van der Waals surface area contributed by atoms with Crippen LogP contribution in [0, 0.1) is 0 Å². The molecule has 1 unspecified atom stereocenters. The predicted molar refractivity (Wildman–Crippen MR) is 87.8 cm³/mol. The molecule has 6 nitrogen and oxygen atoms in total. The van der Waals surface area contributed by atoms with Gasteiger partial charge in [0, 0.05) is 10.6 Å². The molecular weight excluding hydrogens is 336 g/mol. The average molecular weight is 352 g/mol. The summed E-state index contributed by atoms with van der Waals surface area (Å²) in [5.41, 5.74) is 1.12. The lowest BCUT2D eigenvalue weighted by atomic mass is 10.0. The number of methoxy groups -OCH3 is 1. The first-order valence-electron chi connectivity index (χ1n) is 7.07. The summed E-state index contributed by atoms with van der Waals surface area (Å²) in [5.74, 6) is -0.321. The number of nitrogens with zero attached hydrogens (tertiary/aromatic N) is 1. The van der Waals surface area contributed by atoms with E-state index in [9.17, 15) is 14.4 Å². The van der Waals surface area contributed by atoms with Crippen LogP contribution in [0.1, 0.15) is 11.8 Å². The molecule has 122 valence electrons. The summed E-state index contributed by atoms with van der Waals surface area (Å²) < 4.78 is 4.76. The van der Waals surface area contributed by atoms with E-state index in [1.807, 2.05) is 24.4 Å². The van der Waals surface area contributed by atoms with E-state index in [0.29, 0.717) is 11.4 Å². The van der Waals surface area contributed by atoms with Gasteiger partial charge in [0.05, 0.1) is 13.5 Å². The fourth-order valence-electron chi connectivity index (χ4n) is 2.65. The van der Waals surface area contributed by atoms with Crippen molar-refractivity contribution in [2.24, 2.45) is 0 Å². The van der Waals surface area contributed by atoms with Crippen molar-refractivity contribution in [3.8, 4) is 0 Å². The highest BCUT2D eigenvalue weighted by molar-refractivity contribution is 8.00. The zero-order valence-electron chi connectivity index (χ0n) is 12.7. The molecule has 3 rings (SSSR count). The van der Waals surface area contributed by atoms with Crippen LogP contribution < -0.4 is 5.32 Å². The summed E-state index contributed by atoms with van der Waals surface area (Å²) in [6, 6.07) is 3.19. The largest absolute Gasteiger partial charge is 0.464 e. The standard InChI is InChI=1S/C15H16N2O4S2/c1-8-7-23-14-11(13(19)17(14)12(8)15(20)21-2)16-10(18)6-9-4-3-5-22-9/h3-5,11,14H,6-7H2,1-2H3,(H,16,18)/t11?,14-/m1/s1. The minimum absolute atomic E-state index is 0.183. The quantitative estimate of drug-likeness (QED) is 0.650. The van der Waals surface area contributed by atoms with Crippen LogP contribution in [-0.4, -0.2) is 47.0 Å². The Kier molecular flexibility index (Phi) is 4.45. The van der Waals surface area contributed by atoms with Gasteiger partial charge in [-0.2, -0.15) is 0 Å². The number of fused-ring (bicyclic) bond motifs is 1. The van der Waals surface area contributed by atoms with Crippen molar-refractivity contribution in [2.75, 3.05) is 12.9 Å². The number of carbonyl (C=O) groups excluding carboxylic acids is 3. The molecule has 0 aliphatic carbocycles. The highest BCUT2D eigenvalue weighted by Crippen LogP contribution is 2.40. The normalized spacial score (nSPS) is 23.2. The second-order valence-electron chi connectivity index (χ2n) is 5.33. The van der Waals surface area contributed by atoms with Crippen LogP contribution in [0.5, 0.6) is 0 Å². The number of hydrogen-bond donors (Lipinski definition) is 1. The Hall–Kier alpha value is -1.80. The minimum Gasteiger partial charge on any atom is -0.464 e. The fraction of sp³-hybridized carbons (Fsp3) is 0.400. The second-order valence-corrected chi connectivity index (χ2v) is 7.47. The number of esters is 1. The molecule has 0 saturated carbocycles. The molecule has 0 bridgehead atoms. The third-order valence-corrected chi connectivity index (χ3v) is 6.07. The van der Waals surface area contributed by atoms with Gasteiger partial charge in [-0.25, -0.2) is 4.79 Å². The van der Waals surface area contributed by atoms with Gasteiger partial charge in [0.2, 0.25) is 5.91 Å². The van der Waals surface area contributed by atoms with E-state index in [2.05, 4.69) is 5.32 Å². The van der Waals surface area contributed by atoms with E-state index >= 15 is 0 Å². The number of hydrogen-bond acceptors (Lipinski definition) is 6. The van der Waals surface area contributed by atoms with Gasteiger partial charge in [0.15, 0.2) is 0 Å². The molecule has 2 aliphatic rings. The predicted octanol–water partition coefficient (Wildman–Crippen LogP) is 1.14. The molecule has 1 saturated heterocycles. The number of carbonyl (C=O) groups is 3. The number of thioether (sulfide) groups is 1. The van der Waals surface area contributed by atoms with Crippen molar-refractivity contribution in [2.45, 2.75) is 24.8 Å². The van der Waals surface area contributed by atoms with Gasteiger partial charge in [0.1, 0.15) is 17.1 Å². The highest BCUT2D eigenvalue weighted by atomic mass is 32.2. The SMILES string of the molecule is COC(=O)C1=C(C)CS[C@@H]2C(NC(=O)Cc3cccs3)C(=O)N12. The van der Waals surface area contributed by atoms with Crippen molar-refractivity contribution >= 4 is 40.9 Å². The molecule has 2 amide bonds. The van der Waals surface area contributed by atoms with Gasteiger partial charge < -0.3 is 10.1 Å². The Morgan fingerprint density at radius 1 is 1.48 bits per heavy atom. The summed E-state index contributed by atoms with van der Waals surface area (Å²) in [7, 11) is 1.30. The third kappa shape index (κ3) is 2.88. The van der Waals surface area contributed by atoms with E-state index in [-0.39, 0.29) is 23.6 Å². The number of ether oxygens (including phenoxy) is 1. The Morgan fingerprint density at radius 3 is 2.91 bits per heavy atom. The van der Waals surface area contributed by atoms with E-state index in [0.717, 1.165) is 10.5 Å². The Morgan fingerprint density at radius 2 is 2.26 bits per heavy atom. The van der Waals surface area contributed by atoms with Gasteiger partial charge in [0.25, 0.3) is 5.91 Å². The number of thiophene rings is 1. The van der Waals surface area contributed by atoms with Gasteiger partial charge in [-0.15, -0.1) is 23.1 Å². The fourth-order valence-corrected chi connectivity index (χ4v) is 4.65. The summed E-state index contributed by atoms with van der Waals surface area (Å²) in [6.07, 6.45) is 0.261. The molecule has 1 fully saturated rings. The van der Waals surface area contributed by atoms with Crippen LogP contribution in [0.3, 0.4) is 0 Å². The lowest BCUT2D eigenvalue weighted by Crippen LogP contribution is -2.70. The number of rotatable bonds is 4. The molecule has 2 atom stereocenters. The van der Waals surface area contributed by atoms with E-state index in [4.69, 9.17) is 4.74 Å². The summed E-state index contributed by atoms with van der Waals surface area (Å²) in [6.45, 7) is 1.81. The minimum atomic E-state index is -0.583. The van der Waals surface area contributed by atoms with Gasteiger partial charge in [-0.3, -0.25) is 14.5 Å². The zero-order valence-corrected chi connectivity index (χ0v) is 14.3. The van der Waals surface area contributed by atoms with Gasteiger partial charge in [-0.1, -0.05) is 6.07 Å². The lowest BCUT2D eigenvalue weighted by Gasteiger charge is -2.49. The van der Waals surface area contributed by atoms with Crippen molar-refractivity contribution in [1.82, 2.24) is 10.2 Å². The maximum atomic E-state index is 12.4. The molecule has 23 heavy (non-hydrogen) atoms. The lowest BCUT2D eigenvalue weighted by molar-refractivity contribution is -0.151. The van der Waals surface area contributed by atoms with E-state index in [1.54, 1.807) is 11.8 Å². The molecule has 0 radical (unpaired) electrons. The number of nitrogens with one attached hydrogen (secondary N) is 1. The smallest absolute Gasteiger partial charge is 0.354 e. The van der Waals surface area contributed by atoms with Gasteiger partial charge in [-0.05, 0) is 23.9 Å². The first kappa shape index (κ1) is 16.1. The van der Waals surface area contributed by atoms with Crippen LogP contribution in [0.4, 0.5) is 0 Å². The molecule has 0 aromatic carbocycles. The average Bonchev–Trinajstić information content (AvgIpc) is 3.04. The molecule has 2 aliphatic heterocycles. The molecule has 8 heteroatoms. The third-order valence-electron chi connectivity index (χ3n) is 3.77. The monoisotopic (exact) mass is 352 g/mol. The Bertz CT molecular complexity index is 684. The van der Waals surface area contributed by atoms with E-state index in [1.165, 1.54) is 23.3 Å². The number of β-lactam (4-membered cyclic amide) rings is 1. The molecular formula is C15H16N2O4S2. The van der Waals surface area contributed by atoms with Crippen molar-refractivity contribution in [1.29, 1.82) is 0 Å². The van der Waals surface area contributed by atoms with Crippen molar-refractivity contribution in [3.05, 3.63) is 33.7 Å². The van der Waals surface area contributed by atoms with Crippen molar-refractivity contribution < 1.29 is 19.1 Å². The first-order chi connectivity index (χ1) is 11.0.